The van der Waals surface area contributed by atoms with Crippen LogP contribution < -0.4 is 9.47 Å². The van der Waals surface area contributed by atoms with Crippen molar-refractivity contribution < 1.29 is 9.47 Å². The summed E-state index contributed by atoms with van der Waals surface area (Å²) in [4.78, 5) is 0. The zero-order valence-corrected chi connectivity index (χ0v) is 16.8. The van der Waals surface area contributed by atoms with Gasteiger partial charge in [-0.3, -0.25) is 0 Å². The van der Waals surface area contributed by atoms with Gasteiger partial charge in [0.15, 0.2) is 0 Å². The van der Waals surface area contributed by atoms with Crippen LogP contribution in [-0.4, -0.2) is 0 Å². The molecule has 0 bridgehead atoms. The summed E-state index contributed by atoms with van der Waals surface area (Å²) >= 11 is 0. The molecule has 2 aliphatic heterocycles. The van der Waals surface area contributed by atoms with E-state index in [0.29, 0.717) is 22.6 Å². The van der Waals surface area contributed by atoms with E-state index in [4.69, 9.17) is 9.47 Å². The molecule has 2 aliphatic rings. The van der Waals surface area contributed by atoms with Gasteiger partial charge in [-0.25, -0.2) is 0 Å². The summed E-state index contributed by atoms with van der Waals surface area (Å²) in [5, 5.41) is 19.1. The van der Waals surface area contributed by atoms with Crippen LogP contribution in [-0.2, 0) is 0 Å². The summed E-state index contributed by atoms with van der Waals surface area (Å²) in [7, 11) is 0. The summed E-state index contributed by atoms with van der Waals surface area (Å²) in [5.41, 5.74) is 6.53. The summed E-state index contributed by atoms with van der Waals surface area (Å²) in [6, 6.07) is 31.1. The minimum Gasteiger partial charge on any atom is -0.456 e. The molecule has 0 spiro atoms. The predicted molar refractivity (Wildman–Crippen MR) is 120 cm³/mol. The van der Waals surface area contributed by atoms with Gasteiger partial charge in [0.1, 0.15) is 23.0 Å². The summed E-state index contributed by atoms with van der Waals surface area (Å²) in [5.74, 6) is 2.86. The van der Waals surface area contributed by atoms with Crippen LogP contribution in [0.1, 0.15) is 33.4 Å². The molecular weight excluding hydrogens is 396 g/mol. The van der Waals surface area contributed by atoms with Crippen molar-refractivity contribution in [1.82, 2.24) is 0 Å². The van der Waals surface area contributed by atoms with Gasteiger partial charge < -0.3 is 9.47 Å². The standard InChI is InChI=1S/C28H14N2O2/c29-15-17-9-11-25-21(13-17)27(19-5-1-3-7-23(19)31-25)28-20-6-2-4-8-24(20)32-26-12-10-18(16-30)14-22(26)28/h1-14H/b28-27+. The number of ether oxygens (including phenoxy) is 2. The van der Waals surface area contributed by atoms with Crippen molar-refractivity contribution in [1.29, 1.82) is 10.5 Å². The number of fused-ring (bicyclic) bond motifs is 4. The molecule has 6 rings (SSSR count). The molecule has 0 saturated heterocycles. The zero-order chi connectivity index (χ0) is 21.7. The number of nitrogens with zero attached hydrogens (tertiary/aromatic N) is 2. The van der Waals surface area contributed by atoms with E-state index in [9.17, 15) is 10.5 Å². The average Bonchev–Trinajstić information content (AvgIpc) is 2.85. The second-order valence-electron chi connectivity index (χ2n) is 7.59. The van der Waals surface area contributed by atoms with E-state index in [1.807, 2.05) is 72.8 Å². The second kappa shape index (κ2) is 6.87. The Bertz CT molecular complexity index is 1430. The molecule has 0 saturated carbocycles. The lowest BCUT2D eigenvalue weighted by Gasteiger charge is -2.29. The lowest BCUT2D eigenvalue weighted by atomic mass is 9.82. The molecule has 4 aromatic carbocycles. The van der Waals surface area contributed by atoms with Crippen LogP contribution in [0.15, 0.2) is 84.9 Å². The molecule has 0 aliphatic carbocycles. The lowest BCUT2D eigenvalue weighted by Crippen LogP contribution is -2.09. The monoisotopic (exact) mass is 410 g/mol. The molecular formula is C28H14N2O2. The first-order chi connectivity index (χ1) is 15.8. The van der Waals surface area contributed by atoms with Crippen molar-refractivity contribution in [2.45, 2.75) is 0 Å². The maximum Gasteiger partial charge on any atom is 0.135 e. The van der Waals surface area contributed by atoms with E-state index in [1.54, 1.807) is 12.1 Å². The lowest BCUT2D eigenvalue weighted by molar-refractivity contribution is 0.471. The molecule has 0 fully saturated rings. The average molecular weight is 410 g/mol. The molecule has 4 nitrogen and oxygen atoms in total. The molecule has 4 aromatic rings. The Morgan fingerprint density at radius 1 is 0.469 bits per heavy atom. The molecule has 32 heavy (non-hydrogen) atoms. The van der Waals surface area contributed by atoms with Gasteiger partial charge in [0.25, 0.3) is 0 Å². The van der Waals surface area contributed by atoms with Crippen LogP contribution in [0, 0.1) is 22.7 Å². The van der Waals surface area contributed by atoms with Gasteiger partial charge in [-0.05, 0) is 48.5 Å². The molecule has 2 heterocycles. The van der Waals surface area contributed by atoms with Crippen LogP contribution >= 0.6 is 0 Å². The number of hydrogen-bond donors (Lipinski definition) is 0. The van der Waals surface area contributed by atoms with Crippen LogP contribution in [0.2, 0.25) is 0 Å². The van der Waals surface area contributed by atoms with Gasteiger partial charge in [0.05, 0.1) is 23.3 Å². The third-order valence-corrected chi connectivity index (χ3v) is 5.76. The highest BCUT2D eigenvalue weighted by atomic mass is 16.5. The van der Waals surface area contributed by atoms with Crippen LogP contribution in [0.3, 0.4) is 0 Å². The fraction of sp³-hybridized carbons (Fsp3) is 0. The van der Waals surface area contributed by atoms with E-state index >= 15 is 0 Å². The van der Waals surface area contributed by atoms with E-state index in [2.05, 4.69) is 12.1 Å². The van der Waals surface area contributed by atoms with Crippen molar-refractivity contribution in [3.8, 4) is 35.1 Å². The fourth-order valence-electron chi connectivity index (χ4n) is 4.36. The quantitative estimate of drug-likeness (QED) is 0.281. The highest BCUT2D eigenvalue weighted by Gasteiger charge is 2.31. The number of para-hydroxylation sites is 2. The molecule has 4 heteroatoms. The van der Waals surface area contributed by atoms with Gasteiger partial charge >= 0.3 is 0 Å². The van der Waals surface area contributed by atoms with E-state index in [1.165, 1.54) is 0 Å². The molecule has 148 valence electrons. The molecule has 0 aromatic heterocycles. The first-order valence-corrected chi connectivity index (χ1v) is 10.1. The Morgan fingerprint density at radius 3 is 1.31 bits per heavy atom. The minimum absolute atomic E-state index is 0.552. The van der Waals surface area contributed by atoms with Gasteiger partial charge in [0.2, 0.25) is 0 Å². The molecule has 0 unspecified atom stereocenters. The smallest absolute Gasteiger partial charge is 0.135 e. The summed E-state index contributed by atoms with van der Waals surface area (Å²) < 4.78 is 12.4. The first-order valence-electron chi connectivity index (χ1n) is 10.1. The summed E-state index contributed by atoms with van der Waals surface area (Å²) in [6.45, 7) is 0. The predicted octanol–water partition coefficient (Wildman–Crippen LogP) is 6.65. The Balaban J connectivity index is 1.80. The van der Waals surface area contributed by atoms with E-state index in [0.717, 1.165) is 44.9 Å². The van der Waals surface area contributed by atoms with Crippen molar-refractivity contribution in [2.24, 2.45) is 0 Å². The molecule has 0 amide bonds. The largest absolute Gasteiger partial charge is 0.456 e. The van der Waals surface area contributed by atoms with Crippen molar-refractivity contribution in [3.05, 3.63) is 118 Å². The number of rotatable bonds is 0. The van der Waals surface area contributed by atoms with Gasteiger partial charge in [0, 0.05) is 33.4 Å². The number of benzene rings is 4. The molecule has 0 radical (unpaired) electrons. The minimum atomic E-state index is 0.552. The van der Waals surface area contributed by atoms with Gasteiger partial charge in [-0.1, -0.05) is 36.4 Å². The van der Waals surface area contributed by atoms with Crippen LogP contribution in [0.4, 0.5) is 0 Å². The Kier molecular flexibility index (Phi) is 3.87. The maximum atomic E-state index is 9.55. The third-order valence-electron chi connectivity index (χ3n) is 5.76. The van der Waals surface area contributed by atoms with E-state index in [-0.39, 0.29) is 0 Å². The van der Waals surface area contributed by atoms with Crippen molar-refractivity contribution in [2.75, 3.05) is 0 Å². The molecule has 0 N–H and O–H groups in total. The normalized spacial score (nSPS) is 14.9. The molecule has 0 atom stereocenters. The van der Waals surface area contributed by atoms with Crippen LogP contribution in [0.5, 0.6) is 23.0 Å². The Hall–Kier alpha value is -4.80. The van der Waals surface area contributed by atoms with Crippen molar-refractivity contribution in [3.63, 3.8) is 0 Å². The SMILES string of the molecule is N#Cc1ccc2c(c1)/C(=C1\c3ccccc3Oc3ccc(C#N)cc31)c1ccccc1O2. The highest BCUT2D eigenvalue weighted by Crippen LogP contribution is 2.53. The Morgan fingerprint density at radius 2 is 0.875 bits per heavy atom. The van der Waals surface area contributed by atoms with Gasteiger partial charge in [-0.2, -0.15) is 10.5 Å². The number of nitriles is 2. The zero-order valence-electron chi connectivity index (χ0n) is 16.8. The summed E-state index contributed by atoms with van der Waals surface area (Å²) in [6.07, 6.45) is 0. The fourth-order valence-corrected chi connectivity index (χ4v) is 4.36. The van der Waals surface area contributed by atoms with E-state index < -0.39 is 0 Å². The first kappa shape index (κ1) is 18.0. The topological polar surface area (TPSA) is 66.0 Å². The van der Waals surface area contributed by atoms with Crippen molar-refractivity contribution >= 4 is 11.1 Å². The number of hydrogen-bond acceptors (Lipinski definition) is 4. The van der Waals surface area contributed by atoms with Crippen LogP contribution in [0.25, 0.3) is 11.1 Å². The second-order valence-corrected chi connectivity index (χ2v) is 7.59. The third kappa shape index (κ3) is 2.61. The van der Waals surface area contributed by atoms with Gasteiger partial charge in [-0.15, -0.1) is 0 Å². The maximum absolute atomic E-state index is 9.55. The Labute approximate surface area is 184 Å². The highest BCUT2D eigenvalue weighted by molar-refractivity contribution is 6.10.